The number of ether oxygens (including phenoxy) is 3. The maximum Gasteiger partial charge on any atom is 0.351 e. The molecular weight excluding hydrogens is 430 g/mol. The van der Waals surface area contributed by atoms with Crippen LogP contribution in [0.2, 0.25) is 0 Å². The lowest BCUT2D eigenvalue weighted by atomic mass is 9.99. The average Bonchev–Trinajstić information content (AvgIpc) is 3.21. The van der Waals surface area contributed by atoms with Crippen LogP contribution in [0.1, 0.15) is 53.2 Å². The van der Waals surface area contributed by atoms with Crippen molar-refractivity contribution in [3.8, 4) is 0 Å². The third-order valence-electron chi connectivity index (χ3n) is 6.41. The molecule has 0 bridgehead atoms. The van der Waals surface area contributed by atoms with E-state index < -0.39 is 42.0 Å². The van der Waals surface area contributed by atoms with Gasteiger partial charge in [-0.25, -0.2) is 4.79 Å². The lowest BCUT2D eigenvalue weighted by Gasteiger charge is -2.22. The van der Waals surface area contributed by atoms with Crippen LogP contribution in [0.25, 0.3) is 0 Å². The van der Waals surface area contributed by atoms with E-state index in [4.69, 9.17) is 31.4 Å². The second kappa shape index (κ2) is 12.1. The maximum absolute atomic E-state index is 12.3. The molecule has 6 N–H and O–H groups in total. The first-order valence-electron chi connectivity index (χ1n) is 11.4. The molecule has 186 valence electrons. The average molecular weight is 468 g/mol. The van der Waals surface area contributed by atoms with Crippen LogP contribution in [0.3, 0.4) is 0 Å². The number of hydrogen-bond acceptors (Lipinski definition) is 10. The number of carbonyl (C=O) groups excluding carboxylic acids is 2. The monoisotopic (exact) mass is 467 g/mol. The van der Waals surface area contributed by atoms with Crippen LogP contribution in [0.5, 0.6) is 0 Å². The van der Waals surface area contributed by atoms with Crippen LogP contribution < -0.4 is 22.9 Å². The molecule has 2 heterocycles. The normalized spacial score (nSPS) is 24.0. The number of hydrogen-bond donors (Lipinski definition) is 3. The van der Waals surface area contributed by atoms with E-state index >= 15 is 0 Å². The van der Waals surface area contributed by atoms with E-state index in [0.717, 1.165) is 12.8 Å². The quantitative estimate of drug-likeness (QED) is 0.390. The van der Waals surface area contributed by atoms with Gasteiger partial charge in [0.1, 0.15) is 36.8 Å². The van der Waals surface area contributed by atoms with Gasteiger partial charge < -0.3 is 31.4 Å². The van der Waals surface area contributed by atoms with Crippen molar-refractivity contribution in [1.29, 1.82) is 0 Å². The van der Waals surface area contributed by atoms with Gasteiger partial charge in [-0.15, -0.1) is 0 Å². The first kappa shape index (κ1) is 26.7. The fourth-order valence-electron chi connectivity index (χ4n) is 3.47. The highest BCUT2D eigenvalue weighted by Gasteiger charge is 2.39. The minimum Gasteiger partial charge on any atom is -0.464 e. The minimum absolute atomic E-state index is 0.0102. The third kappa shape index (κ3) is 6.99. The van der Waals surface area contributed by atoms with Crippen molar-refractivity contribution in [2.45, 2.75) is 71.4 Å². The van der Waals surface area contributed by atoms with Crippen LogP contribution >= 0.6 is 0 Å². The highest BCUT2D eigenvalue weighted by atomic mass is 16.6. The van der Waals surface area contributed by atoms with Crippen LogP contribution in [-0.2, 0) is 23.8 Å². The van der Waals surface area contributed by atoms with Crippen molar-refractivity contribution >= 4 is 17.8 Å². The molecule has 1 saturated heterocycles. The smallest absolute Gasteiger partial charge is 0.351 e. The fraction of sp³-hybridized carbons (Fsp3) is 0.727. The zero-order chi connectivity index (χ0) is 24.7. The zero-order valence-corrected chi connectivity index (χ0v) is 19.8. The maximum atomic E-state index is 12.3. The molecule has 1 aromatic heterocycles. The van der Waals surface area contributed by atoms with Gasteiger partial charge >= 0.3 is 17.6 Å². The zero-order valence-electron chi connectivity index (χ0n) is 19.8. The summed E-state index contributed by atoms with van der Waals surface area (Å²) in [6.45, 7) is 7.56. The lowest BCUT2D eigenvalue weighted by Crippen LogP contribution is -2.41. The second-order valence-corrected chi connectivity index (χ2v) is 8.75. The van der Waals surface area contributed by atoms with E-state index in [1.165, 1.54) is 16.8 Å². The first-order chi connectivity index (χ1) is 15.6. The summed E-state index contributed by atoms with van der Waals surface area (Å²) in [5.41, 5.74) is 16.9. The number of rotatable bonds is 11. The Balaban J connectivity index is 2.10. The van der Waals surface area contributed by atoms with Crippen molar-refractivity contribution in [1.82, 2.24) is 9.55 Å². The summed E-state index contributed by atoms with van der Waals surface area (Å²) in [7, 11) is 0. The molecule has 0 saturated carbocycles. The fourth-order valence-corrected chi connectivity index (χ4v) is 3.47. The Hall–Kier alpha value is -2.50. The molecule has 1 unspecified atom stereocenters. The van der Waals surface area contributed by atoms with Gasteiger partial charge in [0.05, 0.1) is 6.61 Å². The van der Waals surface area contributed by atoms with Gasteiger partial charge in [0.25, 0.3) is 0 Å². The summed E-state index contributed by atoms with van der Waals surface area (Å²) >= 11 is 0. The first-order valence-corrected chi connectivity index (χ1v) is 11.4. The predicted octanol–water partition coefficient (Wildman–Crippen LogP) is 0.562. The van der Waals surface area contributed by atoms with Crippen molar-refractivity contribution < 1.29 is 23.8 Å². The molecule has 33 heavy (non-hydrogen) atoms. The van der Waals surface area contributed by atoms with Gasteiger partial charge in [-0.3, -0.25) is 14.2 Å². The van der Waals surface area contributed by atoms with Crippen LogP contribution in [-0.4, -0.2) is 52.9 Å². The lowest BCUT2D eigenvalue weighted by molar-refractivity contribution is -0.155. The molecule has 11 nitrogen and oxygen atoms in total. The highest BCUT2D eigenvalue weighted by molar-refractivity contribution is 5.76. The summed E-state index contributed by atoms with van der Waals surface area (Å²) < 4.78 is 18.2. The minimum atomic E-state index is -0.749. The molecule has 1 fully saturated rings. The van der Waals surface area contributed by atoms with E-state index in [1.54, 1.807) is 0 Å². The largest absolute Gasteiger partial charge is 0.464 e. The second-order valence-electron chi connectivity index (χ2n) is 8.75. The van der Waals surface area contributed by atoms with E-state index in [1.807, 2.05) is 27.7 Å². The van der Waals surface area contributed by atoms with Gasteiger partial charge in [-0.1, -0.05) is 40.5 Å². The van der Waals surface area contributed by atoms with Gasteiger partial charge in [0, 0.05) is 18.5 Å². The van der Waals surface area contributed by atoms with Crippen molar-refractivity contribution in [2.24, 2.45) is 29.2 Å². The molecule has 0 amide bonds. The molecule has 0 radical (unpaired) electrons. The van der Waals surface area contributed by atoms with Crippen molar-refractivity contribution in [3.05, 3.63) is 22.7 Å². The Morgan fingerprint density at radius 3 is 2.18 bits per heavy atom. The SMILES string of the molecule is CC[C@H](C)[C@H](N)C(=O)OCC1C[C@H](n2ccc(N)nc2=O)O[C@@H]1COC(=O)[C@@H](N)[C@@H](C)CC. The number of carbonyl (C=O) groups is 2. The number of nitrogens with two attached hydrogens (primary N) is 3. The number of esters is 2. The summed E-state index contributed by atoms with van der Waals surface area (Å²) in [5, 5.41) is 0. The van der Waals surface area contributed by atoms with Crippen LogP contribution in [0.4, 0.5) is 5.82 Å². The number of aromatic nitrogens is 2. The Labute approximate surface area is 193 Å². The van der Waals surface area contributed by atoms with Crippen molar-refractivity contribution in [2.75, 3.05) is 18.9 Å². The molecule has 0 spiro atoms. The Bertz CT molecular complexity index is 822. The van der Waals surface area contributed by atoms with Gasteiger partial charge in [0.2, 0.25) is 0 Å². The summed E-state index contributed by atoms with van der Waals surface area (Å²) in [5.74, 6) is -1.33. The number of nitrogen functional groups attached to an aromatic ring is 1. The Morgan fingerprint density at radius 1 is 1.12 bits per heavy atom. The Morgan fingerprint density at radius 2 is 1.67 bits per heavy atom. The van der Waals surface area contributed by atoms with E-state index in [-0.39, 0.29) is 36.8 Å². The summed E-state index contributed by atoms with van der Waals surface area (Å²) in [6.07, 6.45) is 2.03. The molecular formula is C22H37N5O6. The third-order valence-corrected chi connectivity index (χ3v) is 6.41. The van der Waals surface area contributed by atoms with E-state index in [9.17, 15) is 14.4 Å². The van der Waals surface area contributed by atoms with E-state index in [0.29, 0.717) is 6.42 Å². The Kier molecular flexibility index (Phi) is 9.81. The molecule has 11 heteroatoms. The van der Waals surface area contributed by atoms with Crippen LogP contribution in [0, 0.1) is 17.8 Å². The highest BCUT2D eigenvalue weighted by Crippen LogP contribution is 2.33. The molecule has 0 aliphatic carbocycles. The van der Waals surface area contributed by atoms with Gasteiger partial charge in [-0.2, -0.15) is 4.98 Å². The summed E-state index contributed by atoms with van der Waals surface area (Å²) in [4.78, 5) is 40.7. The van der Waals surface area contributed by atoms with Crippen molar-refractivity contribution in [3.63, 3.8) is 0 Å². The number of nitrogens with zero attached hydrogens (tertiary/aromatic N) is 2. The van der Waals surface area contributed by atoms with E-state index in [2.05, 4.69) is 4.98 Å². The van der Waals surface area contributed by atoms with Crippen LogP contribution in [0.15, 0.2) is 17.1 Å². The number of anilines is 1. The molecule has 1 aromatic rings. The molecule has 1 aliphatic rings. The predicted molar refractivity (Wildman–Crippen MR) is 122 cm³/mol. The molecule has 2 rings (SSSR count). The molecule has 1 aliphatic heterocycles. The van der Waals surface area contributed by atoms with Gasteiger partial charge in [-0.05, 0) is 17.9 Å². The van der Waals surface area contributed by atoms with Gasteiger partial charge in [0.15, 0.2) is 0 Å². The molecule has 0 aromatic carbocycles. The standard InChI is InChI=1S/C22H37N5O6/c1-5-12(3)18(24)20(28)31-10-14-9-17(27-8-7-16(23)26-22(27)30)33-15(14)11-32-21(29)19(25)13(4)6-2/h7-8,12-15,17-19H,5-6,9-11,24-25H2,1-4H3,(H2,23,26,30)/t12-,13-,14?,15+,17+,18-,19-/m0/s1. The molecule has 7 atom stereocenters. The summed E-state index contributed by atoms with van der Waals surface area (Å²) in [6, 6.07) is 0.00599. The topological polar surface area (TPSA) is 175 Å².